The van der Waals surface area contributed by atoms with Crippen molar-refractivity contribution in [2.75, 3.05) is 13.1 Å². The zero-order valence-electron chi connectivity index (χ0n) is 16.7. The van der Waals surface area contributed by atoms with Gasteiger partial charge in [-0.2, -0.15) is 19.4 Å². The molecule has 1 aromatic carbocycles. The first kappa shape index (κ1) is 24.4. The second-order valence-corrected chi connectivity index (χ2v) is 6.53. The van der Waals surface area contributed by atoms with Gasteiger partial charge in [0.05, 0.1) is 12.5 Å². The molecule has 1 atom stereocenters. The highest BCUT2D eigenvalue weighted by atomic mass is 19.3. The van der Waals surface area contributed by atoms with Gasteiger partial charge in [0.2, 0.25) is 0 Å². The Kier molecular flexibility index (Phi) is 8.35. The van der Waals surface area contributed by atoms with Crippen LogP contribution in [0.3, 0.4) is 0 Å². The molecule has 0 fully saturated rings. The number of rotatable bonds is 11. The summed E-state index contributed by atoms with van der Waals surface area (Å²) < 4.78 is 58.5. The standard InChI is InChI=1S/C19H21F4N9/c20-14-4-5-15(17(21)8-14)16(10-31(27)12-29-25)19(22,23)18-6-3-13(9-28-18)2-1-7-32(11-24)30-26/h1-6,8-9,11-12,16,24,26H,7,10,25,27H2/b2-1+,24-11?,29-12-,30-26?. The number of nitrogens with two attached hydrogens (primary N) is 2. The monoisotopic (exact) mass is 451 g/mol. The van der Waals surface area contributed by atoms with Crippen LogP contribution in [0, 0.1) is 22.6 Å². The zero-order chi connectivity index (χ0) is 23.7. The van der Waals surface area contributed by atoms with E-state index in [0.717, 1.165) is 40.9 Å². The summed E-state index contributed by atoms with van der Waals surface area (Å²) in [6.45, 7) is -0.457. The lowest BCUT2D eigenvalue weighted by Gasteiger charge is -2.29. The van der Waals surface area contributed by atoms with Crippen LogP contribution in [0.25, 0.3) is 6.08 Å². The summed E-state index contributed by atoms with van der Waals surface area (Å²) in [6.07, 6.45) is 6.04. The van der Waals surface area contributed by atoms with Gasteiger partial charge in [-0.15, -0.1) is 0 Å². The van der Waals surface area contributed by atoms with Crippen LogP contribution in [-0.4, -0.2) is 40.8 Å². The number of alkyl halides is 2. The summed E-state index contributed by atoms with van der Waals surface area (Å²) in [7, 11) is 0. The van der Waals surface area contributed by atoms with E-state index < -0.39 is 41.3 Å². The molecule has 0 aliphatic heterocycles. The highest BCUT2D eigenvalue weighted by Gasteiger charge is 2.45. The molecule has 6 N–H and O–H groups in total. The van der Waals surface area contributed by atoms with Crippen LogP contribution in [0.4, 0.5) is 17.6 Å². The van der Waals surface area contributed by atoms with Crippen molar-refractivity contribution in [3.05, 3.63) is 71.1 Å². The minimum Gasteiger partial charge on any atom is -0.322 e. The predicted molar refractivity (Wildman–Crippen MR) is 110 cm³/mol. The van der Waals surface area contributed by atoms with E-state index in [0.29, 0.717) is 11.6 Å². The normalized spacial score (nSPS) is 12.8. The van der Waals surface area contributed by atoms with Gasteiger partial charge in [-0.3, -0.25) is 15.4 Å². The van der Waals surface area contributed by atoms with E-state index in [4.69, 9.17) is 22.6 Å². The third-order valence-electron chi connectivity index (χ3n) is 4.39. The maximum absolute atomic E-state index is 15.4. The van der Waals surface area contributed by atoms with E-state index in [1.54, 1.807) is 12.2 Å². The SMILES string of the molecule is N=CN(C/C=C/c1ccc(C(F)(F)C(CN(N)/C=N\N)c2ccc(F)cc2F)nc1)N=N. The fraction of sp³-hybridized carbons (Fsp3) is 0.211. The van der Waals surface area contributed by atoms with Gasteiger partial charge in [-0.05, 0) is 23.3 Å². The van der Waals surface area contributed by atoms with Gasteiger partial charge in [0, 0.05) is 18.8 Å². The Labute approximate surface area is 181 Å². The van der Waals surface area contributed by atoms with E-state index in [9.17, 15) is 8.78 Å². The maximum Gasteiger partial charge on any atom is 0.298 e. The largest absolute Gasteiger partial charge is 0.322 e. The van der Waals surface area contributed by atoms with Crippen LogP contribution in [0.2, 0.25) is 0 Å². The molecule has 0 radical (unpaired) electrons. The Bertz CT molecular complexity index is 971. The molecule has 0 saturated heterocycles. The number of halogens is 4. The molecule has 0 bridgehead atoms. The minimum absolute atomic E-state index is 0.131. The molecule has 170 valence electrons. The average molecular weight is 451 g/mol. The number of benzene rings is 1. The van der Waals surface area contributed by atoms with Crippen LogP contribution in [0.15, 0.2) is 52.9 Å². The summed E-state index contributed by atoms with van der Waals surface area (Å²) in [4.78, 5) is 3.80. The van der Waals surface area contributed by atoms with Gasteiger partial charge in [-0.1, -0.05) is 29.5 Å². The second-order valence-electron chi connectivity index (χ2n) is 6.53. The summed E-state index contributed by atoms with van der Waals surface area (Å²) in [5.74, 6) is 3.02. The Morgan fingerprint density at radius 1 is 1.22 bits per heavy atom. The Morgan fingerprint density at radius 3 is 2.53 bits per heavy atom. The predicted octanol–water partition coefficient (Wildman–Crippen LogP) is 3.18. The number of hydrazine groups is 1. The number of nitrogens with one attached hydrogen (secondary N) is 2. The molecule has 0 amide bonds. The average Bonchev–Trinajstić information content (AvgIpc) is 2.76. The smallest absolute Gasteiger partial charge is 0.298 e. The van der Waals surface area contributed by atoms with Crippen LogP contribution < -0.4 is 11.7 Å². The molecule has 0 spiro atoms. The van der Waals surface area contributed by atoms with Crippen LogP contribution in [-0.2, 0) is 5.92 Å². The molecule has 2 aromatic rings. The van der Waals surface area contributed by atoms with Crippen molar-refractivity contribution in [3.63, 3.8) is 0 Å². The number of hydrazone groups is 1. The molecule has 0 saturated carbocycles. The number of aromatic nitrogens is 1. The lowest BCUT2D eigenvalue weighted by Crippen LogP contribution is -2.40. The van der Waals surface area contributed by atoms with E-state index in [2.05, 4.69) is 15.3 Å². The van der Waals surface area contributed by atoms with Gasteiger partial charge in [0.25, 0.3) is 5.92 Å². The van der Waals surface area contributed by atoms with Gasteiger partial charge in [-0.25, -0.2) is 19.6 Å². The van der Waals surface area contributed by atoms with Crippen molar-refractivity contribution in [3.8, 4) is 0 Å². The van der Waals surface area contributed by atoms with Crippen molar-refractivity contribution in [2.45, 2.75) is 11.8 Å². The summed E-state index contributed by atoms with van der Waals surface area (Å²) >= 11 is 0. The molecule has 1 aromatic heterocycles. The highest BCUT2D eigenvalue weighted by Crippen LogP contribution is 2.42. The summed E-state index contributed by atoms with van der Waals surface area (Å²) in [5, 5.41) is 15.1. The molecule has 0 aliphatic carbocycles. The van der Waals surface area contributed by atoms with E-state index in [1.807, 2.05) is 0 Å². The lowest BCUT2D eigenvalue weighted by molar-refractivity contribution is -0.0443. The topological polar surface area (TPSA) is 144 Å². The summed E-state index contributed by atoms with van der Waals surface area (Å²) in [6, 6.07) is 4.77. The van der Waals surface area contributed by atoms with E-state index in [1.165, 1.54) is 12.3 Å². The van der Waals surface area contributed by atoms with Crippen molar-refractivity contribution >= 4 is 18.8 Å². The first-order chi connectivity index (χ1) is 15.2. The van der Waals surface area contributed by atoms with Gasteiger partial charge in [0.15, 0.2) is 0 Å². The van der Waals surface area contributed by atoms with Crippen molar-refractivity contribution < 1.29 is 17.6 Å². The Morgan fingerprint density at radius 2 is 1.97 bits per heavy atom. The quantitative estimate of drug-likeness (QED) is 0.104. The minimum atomic E-state index is -3.69. The first-order valence-electron chi connectivity index (χ1n) is 9.08. The number of pyridine rings is 1. The van der Waals surface area contributed by atoms with E-state index in [-0.39, 0.29) is 6.54 Å². The van der Waals surface area contributed by atoms with Gasteiger partial charge < -0.3 is 5.84 Å². The number of hydrogen-bond donors (Lipinski definition) is 4. The zero-order valence-corrected chi connectivity index (χ0v) is 16.7. The number of nitrogens with zero attached hydrogens (tertiary/aromatic N) is 5. The lowest BCUT2D eigenvalue weighted by atomic mass is 9.89. The Balaban J connectivity index is 2.34. The fourth-order valence-corrected chi connectivity index (χ4v) is 2.83. The maximum atomic E-state index is 15.4. The molecule has 1 heterocycles. The van der Waals surface area contributed by atoms with Crippen LogP contribution >= 0.6 is 0 Å². The molecule has 0 aliphatic rings. The molecule has 13 heteroatoms. The molecule has 1 unspecified atom stereocenters. The fourth-order valence-electron chi connectivity index (χ4n) is 2.83. The second kappa shape index (κ2) is 10.9. The van der Waals surface area contributed by atoms with E-state index >= 15 is 8.78 Å². The molecular weight excluding hydrogens is 430 g/mol. The van der Waals surface area contributed by atoms with Crippen LogP contribution in [0.1, 0.15) is 22.7 Å². The molecule has 9 nitrogen and oxygen atoms in total. The molecular formula is C19H21F4N9. The van der Waals surface area contributed by atoms with Gasteiger partial charge in [0.1, 0.15) is 30.0 Å². The van der Waals surface area contributed by atoms with Crippen molar-refractivity contribution in [1.82, 2.24) is 15.0 Å². The van der Waals surface area contributed by atoms with Crippen molar-refractivity contribution in [1.29, 1.82) is 10.9 Å². The van der Waals surface area contributed by atoms with Gasteiger partial charge >= 0.3 is 0 Å². The van der Waals surface area contributed by atoms with Crippen molar-refractivity contribution in [2.24, 2.45) is 22.0 Å². The van der Waals surface area contributed by atoms with Crippen LogP contribution in [0.5, 0.6) is 0 Å². The Hall–Kier alpha value is -3.87. The summed E-state index contributed by atoms with van der Waals surface area (Å²) in [5.41, 5.74) is 6.22. The molecule has 2 rings (SSSR count). The molecule has 32 heavy (non-hydrogen) atoms. The third-order valence-corrected chi connectivity index (χ3v) is 4.39. The highest BCUT2D eigenvalue weighted by molar-refractivity contribution is 5.54. The number of hydrogen-bond acceptors (Lipinski definition) is 7. The third kappa shape index (κ3) is 6.07. The first-order valence-corrected chi connectivity index (χ1v) is 9.08.